The van der Waals surface area contributed by atoms with Gasteiger partial charge in [-0.1, -0.05) is 26.0 Å². The summed E-state index contributed by atoms with van der Waals surface area (Å²) in [4.78, 5) is 27.3. The molecule has 0 aromatic carbocycles. The molecule has 1 saturated heterocycles. The number of nitrogens with zero attached hydrogens (tertiary/aromatic N) is 6. The molecular weight excluding hydrogens is 386 g/mol. The molecule has 0 radical (unpaired) electrons. The molecular formula is C20H31N7O3. The van der Waals surface area contributed by atoms with Crippen molar-refractivity contribution >= 4 is 11.8 Å². The maximum absolute atomic E-state index is 13.6. The number of carbonyl (C=O) groups excluding carboxylic acids is 2. The minimum atomic E-state index is -0.733. The number of aliphatic hydroxyl groups is 1. The van der Waals surface area contributed by atoms with Crippen LogP contribution in [-0.4, -0.2) is 72.3 Å². The van der Waals surface area contributed by atoms with Crippen molar-refractivity contribution in [1.82, 2.24) is 35.0 Å². The number of aliphatic hydroxyl groups excluding tert-OH is 1. The van der Waals surface area contributed by atoms with Gasteiger partial charge in [0, 0.05) is 38.3 Å². The van der Waals surface area contributed by atoms with Crippen LogP contribution in [0.15, 0.2) is 6.20 Å². The van der Waals surface area contributed by atoms with Gasteiger partial charge in [0.2, 0.25) is 11.8 Å². The Morgan fingerprint density at radius 1 is 1.30 bits per heavy atom. The molecule has 3 atom stereocenters. The van der Waals surface area contributed by atoms with Crippen LogP contribution in [0.4, 0.5) is 0 Å². The van der Waals surface area contributed by atoms with Crippen LogP contribution in [0.3, 0.4) is 0 Å². The summed E-state index contributed by atoms with van der Waals surface area (Å²) in [6.07, 6.45) is 1.24. The van der Waals surface area contributed by atoms with Crippen LogP contribution in [0.2, 0.25) is 0 Å². The molecule has 1 aliphatic rings. The number of likely N-dealkylation sites (tertiary alicyclic amines) is 1. The van der Waals surface area contributed by atoms with E-state index in [1.165, 1.54) is 11.9 Å². The number of β-amino-alcohol motifs (C(OH)–C–C–N with tert-alkyl or cyclic N) is 1. The van der Waals surface area contributed by atoms with Gasteiger partial charge < -0.3 is 15.3 Å². The second-order valence-corrected chi connectivity index (χ2v) is 9.03. The van der Waals surface area contributed by atoms with Crippen molar-refractivity contribution in [3.8, 4) is 11.3 Å². The van der Waals surface area contributed by atoms with Crippen molar-refractivity contribution in [1.29, 1.82) is 0 Å². The summed E-state index contributed by atoms with van der Waals surface area (Å²) in [6.45, 7) is 9.82. The van der Waals surface area contributed by atoms with E-state index in [1.54, 1.807) is 15.6 Å². The van der Waals surface area contributed by atoms with Crippen LogP contribution in [0, 0.1) is 19.3 Å². The molecule has 10 heteroatoms. The lowest BCUT2D eigenvalue weighted by molar-refractivity contribution is -0.144. The summed E-state index contributed by atoms with van der Waals surface area (Å²) in [6, 6.07) is -1.39. The van der Waals surface area contributed by atoms with Gasteiger partial charge in [-0.25, -0.2) is 4.68 Å². The van der Waals surface area contributed by atoms with E-state index in [2.05, 4.69) is 20.7 Å². The highest BCUT2D eigenvalue weighted by atomic mass is 16.3. The first-order valence-corrected chi connectivity index (χ1v) is 10.1. The number of carbonyl (C=O) groups is 2. The summed E-state index contributed by atoms with van der Waals surface area (Å²) in [7, 11) is 3.40. The summed E-state index contributed by atoms with van der Waals surface area (Å²) in [5, 5.41) is 25.7. The smallest absolute Gasteiger partial charge is 0.248 e. The molecule has 0 spiro atoms. The predicted octanol–water partition coefficient (Wildman–Crippen LogP) is 0.590. The van der Waals surface area contributed by atoms with Gasteiger partial charge in [0.05, 0.1) is 18.0 Å². The zero-order chi connectivity index (χ0) is 22.4. The predicted molar refractivity (Wildman–Crippen MR) is 110 cm³/mol. The second-order valence-electron chi connectivity index (χ2n) is 9.03. The van der Waals surface area contributed by atoms with Crippen molar-refractivity contribution in [3.05, 3.63) is 17.6 Å². The molecule has 30 heavy (non-hydrogen) atoms. The first-order chi connectivity index (χ1) is 14.0. The number of amides is 2. The van der Waals surface area contributed by atoms with Gasteiger partial charge in [-0.3, -0.25) is 14.3 Å². The van der Waals surface area contributed by atoms with Gasteiger partial charge in [-0.2, -0.15) is 5.10 Å². The second kappa shape index (κ2) is 7.82. The first kappa shape index (κ1) is 21.9. The molecule has 2 aromatic rings. The largest absolute Gasteiger partial charge is 0.391 e. The van der Waals surface area contributed by atoms with E-state index < -0.39 is 23.6 Å². The van der Waals surface area contributed by atoms with Crippen molar-refractivity contribution in [2.45, 2.75) is 59.2 Å². The molecule has 0 aliphatic carbocycles. The molecule has 10 nitrogen and oxygen atoms in total. The van der Waals surface area contributed by atoms with Crippen LogP contribution in [-0.2, 0) is 16.6 Å². The highest BCUT2D eigenvalue weighted by Crippen LogP contribution is 2.35. The topological polar surface area (TPSA) is 118 Å². The summed E-state index contributed by atoms with van der Waals surface area (Å²) < 4.78 is 3.35. The fourth-order valence-corrected chi connectivity index (χ4v) is 4.17. The van der Waals surface area contributed by atoms with Crippen LogP contribution in [0.5, 0.6) is 0 Å². The van der Waals surface area contributed by atoms with E-state index in [0.717, 1.165) is 17.0 Å². The van der Waals surface area contributed by atoms with Crippen LogP contribution >= 0.6 is 0 Å². The molecule has 0 unspecified atom stereocenters. The van der Waals surface area contributed by atoms with E-state index in [9.17, 15) is 14.7 Å². The van der Waals surface area contributed by atoms with Gasteiger partial charge in [0.25, 0.3) is 0 Å². The van der Waals surface area contributed by atoms with E-state index in [1.807, 2.05) is 41.7 Å². The SMILES string of the molecule is CNC(=O)[C@@H]1C[C@@H](O)CN1C(=O)[C@@H](n1cc(-c2c(C)nn(C)c2C)nn1)C(C)(C)C. The van der Waals surface area contributed by atoms with Crippen molar-refractivity contribution in [2.75, 3.05) is 13.6 Å². The maximum atomic E-state index is 13.6. The first-order valence-electron chi connectivity index (χ1n) is 10.1. The van der Waals surface area contributed by atoms with Gasteiger partial charge in [0.1, 0.15) is 17.8 Å². The third-order valence-electron chi connectivity index (χ3n) is 5.71. The van der Waals surface area contributed by atoms with Gasteiger partial charge >= 0.3 is 0 Å². The Morgan fingerprint density at radius 3 is 2.50 bits per heavy atom. The maximum Gasteiger partial charge on any atom is 0.248 e. The number of aromatic nitrogens is 5. The molecule has 3 heterocycles. The summed E-state index contributed by atoms with van der Waals surface area (Å²) >= 11 is 0. The van der Waals surface area contributed by atoms with Gasteiger partial charge in [-0.15, -0.1) is 5.10 Å². The number of hydrogen-bond donors (Lipinski definition) is 2. The van der Waals surface area contributed by atoms with E-state index >= 15 is 0 Å². The number of aryl methyl sites for hydroxylation is 2. The molecule has 1 fully saturated rings. The lowest BCUT2D eigenvalue weighted by Crippen LogP contribution is -2.49. The lowest BCUT2D eigenvalue weighted by atomic mass is 9.85. The normalized spacial score (nSPS) is 20.5. The Hall–Kier alpha value is -2.75. The minimum Gasteiger partial charge on any atom is -0.391 e. The van der Waals surface area contributed by atoms with Crippen molar-refractivity contribution < 1.29 is 14.7 Å². The Balaban J connectivity index is 1.99. The van der Waals surface area contributed by atoms with Crippen molar-refractivity contribution in [3.63, 3.8) is 0 Å². The van der Waals surface area contributed by atoms with Crippen molar-refractivity contribution in [2.24, 2.45) is 12.5 Å². The molecule has 1 aliphatic heterocycles. The minimum absolute atomic E-state index is 0.117. The number of hydrogen-bond acceptors (Lipinski definition) is 6. The van der Waals surface area contributed by atoms with E-state index in [4.69, 9.17) is 0 Å². The third kappa shape index (κ3) is 3.83. The molecule has 164 valence electrons. The summed E-state index contributed by atoms with van der Waals surface area (Å²) in [5.74, 6) is -0.544. The monoisotopic (exact) mass is 417 g/mol. The summed E-state index contributed by atoms with van der Waals surface area (Å²) in [5.41, 5.74) is 2.83. The average molecular weight is 418 g/mol. The quantitative estimate of drug-likeness (QED) is 0.752. The van der Waals surface area contributed by atoms with Crippen LogP contribution < -0.4 is 5.32 Å². The fraction of sp³-hybridized carbons (Fsp3) is 0.650. The Bertz CT molecular complexity index is 956. The van der Waals surface area contributed by atoms with Crippen LogP contribution in [0.25, 0.3) is 11.3 Å². The molecule has 0 bridgehead atoms. The fourth-order valence-electron chi connectivity index (χ4n) is 4.17. The highest BCUT2D eigenvalue weighted by molar-refractivity contribution is 5.90. The average Bonchev–Trinajstić information content (AvgIpc) is 3.32. The Labute approximate surface area is 176 Å². The molecule has 2 N–H and O–H groups in total. The molecule has 2 amide bonds. The highest BCUT2D eigenvalue weighted by Gasteiger charge is 2.45. The standard InChI is InChI=1S/C20H31N7O3/c1-11-16(12(2)25(7)23-11)14-10-27(24-22-14)17(20(3,4)5)19(30)26-9-13(28)8-15(26)18(29)21-6/h10,13,15,17,28H,8-9H2,1-7H3,(H,21,29)/t13-,15+,17-/m1/s1. The van der Waals surface area contributed by atoms with Gasteiger partial charge in [0.15, 0.2) is 0 Å². The van der Waals surface area contributed by atoms with Crippen LogP contribution in [0.1, 0.15) is 44.6 Å². The lowest BCUT2D eigenvalue weighted by Gasteiger charge is -2.34. The molecule has 0 saturated carbocycles. The number of rotatable bonds is 4. The zero-order valence-corrected chi connectivity index (χ0v) is 18.7. The zero-order valence-electron chi connectivity index (χ0n) is 18.7. The Kier molecular flexibility index (Phi) is 5.72. The molecule has 3 rings (SSSR count). The number of likely N-dealkylation sites (N-methyl/N-ethyl adjacent to an activating group) is 1. The van der Waals surface area contributed by atoms with E-state index in [0.29, 0.717) is 5.69 Å². The molecule has 2 aromatic heterocycles. The Morgan fingerprint density at radius 2 is 1.97 bits per heavy atom. The number of nitrogens with one attached hydrogen (secondary N) is 1. The van der Waals surface area contributed by atoms with Gasteiger partial charge in [-0.05, 0) is 19.3 Å². The van der Waals surface area contributed by atoms with E-state index in [-0.39, 0.29) is 24.8 Å². The third-order valence-corrected chi connectivity index (χ3v) is 5.71.